The lowest BCUT2D eigenvalue weighted by Crippen LogP contribution is -2.06. The van der Waals surface area contributed by atoms with Crippen LogP contribution in [0.3, 0.4) is 0 Å². The third-order valence-electron chi connectivity index (χ3n) is 1.76. The molecule has 2 N–H and O–H groups in total. The number of thiazole rings is 1. The Balaban J connectivity index is 2.04. The molecule has 0 fully saturated rings. The van der Waals surface area contributed by atoms with Gasteiger partial charge in [0.25, 0.3) is 0 Å². The van der Waals surface area contributed by atoms with E-state index in [1.807, 2.05) is 11.4 Å². The number of aromatic nitrogens is 3. The summed E-state index contributed by atoms with van der Waals surface area (Å²) in [4.78, 5) is 4.14. The molecule has 68 valence electrons. The second-order valence-electron chi connectivity index (χ2n) is 2.72. The van der Waals surface area contributed by atoms with Crippen LogP contribution in [-0.2, 0) is 0 Å². The van der Waals surface area contributed by atoms with E-state index in [0.29, 0.717) is 0 Å². The molecule has 5 heteroatoms. The summed E-state index contributed by atoms with van der Waals surface area (Å²) in [6, 6.07) is 2.17. The van der Waals surface area contributed by atoms with E-state index >= 15 is 0 Å². The number of rotatable bonds is 3. The maximum Gasteiger partial charge on any atom is 0.183 e. The fraction of sp³-hybridized carbons (Fsp3) is 0.250. The third-order valence-corrected chi connectivity index (χ3v) is 2.47. The molecule has 2 heterocycles. The van der Waals surface area contributed by atoms with E-state index in [-0.39, 0.29) is 6.04 Å². The average Bonchev–Trinajstić information content (AvgIpc) is 2.74. The lowest BCUT2D eigenvalue weighted by molar-refractivity contribution is 0.824. The molecule has 0 bridgehead atoms. The molecule has 0 saturated heterocycles. The van der Waals surface area contributed by atoms with Gasteiger partial charge in [-0.2, -0.15) is 5.10 Å². The van der Waals surface area contributed by atoms with Crippen LogP contribution in [0, 0.1) is 0 Å². The predicted molar refractivity (Wildman–Crippen MR) is 52.7 cm³/mol. The number of nitrogens with one attached hydrogen (secondary N) is 2. The highest BCUT2D eigenvalue weighted by atomic mass is 32.1. The first-order chi connectivity index (χ1) is 6.36. The molecule has 0 aliphatic heterocycles. The molecule has 0 spiro atoms. The maximum atomic E-state index is 4.14. The second kappa shape index (κ2) is 3.57. The Bertz CT molecular complexity index is 340. The monoisotopic (exact) mass is 194 g/mol. The molecule has 2 aromatic heterocycles. The number of hydrogen-bond acceptors (Lipinski definition) is 4. The first-order valence-corrected chi connectivity index (χ1v) is 4.89. The molecule has 0 amide bonds. The van der Waals surface area contributed by atoms with E-state index in [9.17, 15) is 0 Å². The molecule has 2 rings (SSSR count). The number of anilines is 1. The Morgan fingerprint density at radius 3 is 3.08 bits per heavy atom. The molecule has 1 atom stereocenters. The smallest absolute Gasteiger partial charge is 0.183 e. The van der Waals surface area contributed by atoms with Crippen LogP contribution >= 0.6 is 11.3 Å². The highest BCUT2D eigenvalue weighted by molar-refractivity contribution is 7.13. The Morgan fingerprint density at radius 2 is 2.46 bits per heavy atom. The molecule has 0 aliphatic rings. The Hall–Kier alpha value is -1.36. The maximum absolute atomic E-state index is 4.14. The first-order valence-electron chi connectivity index (χ1n) is 4.01. The predicted octanol–water partition coefficient (Wildman–Crippen LogP) is 2.04. The molecule has 0 aromatic carbocycles. The van der Waals surface area contributed by atoms with Gasteiger partial charge in [-0.1, -0.05) is 0 Å². The van der Waals surface area contributed by atoms with Crippen molar-refractivity contribution in [2.45, 2.75) is 13.0 Å². The van der Waals surface area contributed by atoms with Gasteiger partial charge in [0.15, 0.2) is 5.13 Å². The summed E-state index contributed by atoms with van der Waals surface area (Å²) in [5, 5.41) is 12.9. The molecule has 13 heavy (non-hydrogen) atoms. The molecule has 2 aromatic rings. The van der Waals surface area contributed by atoms with Gasteiger partial charge < -0.3 is 5.32 Å². The summed E-state index contributed by atoms with van der Waals surface area (Å²) in [7, 11) is 0. The van der Waals surface area contributed by atoms with E-state index < -0.39 is 0 Å². The largest absolute Gasteiger partial charge is 0.353 e. The fourth-order valence-corrected chi connectivity index (χ4v) is 1.68. The van der Waals surface area contributed by atoms with Crippen LogP contribution < -0.4 is 5.32 Å². The lowest BCUT2D eigenvalue weighted by Gasteiger charge is -2.09. The second-order valence-corrected chi connectivity index (χ2v) is 3.61. The SMILES string of the molecule is CC(Nc1nccs1)c1ccn[nH]1. The molecule has 0 radical (unpaired) electrons. The summed E-state index contributed by atoms with van der Waals surface area (Å²) < 4.78 is 0. The topological polar surface area (TPSA) is 53.6 Å². The van der Waals surface area contributed by atoms with Gasteiger partial charge in [-0.25, -0.2) is 4.98 Å². The van der Waals surface area contributed by atoms with Crippen LogP contribution in [0.1, 0.15) is 18.7 Å². The van der Waals surface area contributed by atoms with Crippen molar-refractivity contribution in [1.82, 2.24) is 15.2 Å². The van der Waals surface area contributed by atoms with E-state index in [1.165, 1.54) is 0 Å². The van der Waals surface area contributed by atoms with Crippen LogP contribution in [-0.4, -0.2) is 15.2 Å². The number of H-pyrrole nitrogens is 1. The van der Waals surface area contributed by atoms with Crippen molar-refractivity contribution >= 4 is 16.5 Å². The van der Waals surface area contributed by atoms with Gasteiger partial charge in [-0.3, -0.25) is 5.10 Å². The zero-order valence-electron chi connectivity index (χ0n) is 7.19. The minimum atomic E-state index is 0.216. The van der Waals surface area contributed by atoms with E-state index in [1.54, 1.807) is 23.7 Å². The van der Waals surface area contributed by atoms with Gasteiger partial charge in [0, 0.05) is 17.8 Å². The zero-order valence-corrected chi connectivity index (χ0v) is 8.01. The van der Waals surface area contributed by atoms with Crippen molar-refractivity contribution in [3.63, 3.8) is 0 Å². The minimum absolute atomic E-state index is 0.216. The lowest BCUT2D eigenvalue weighted by atomic mass is 10.2. The molecular weight excluding hydrogens is 184 g/mol. The molecule has 0 saturated carbocycles. The fourth-order valence-electron chi connectivity index (χ4n) is 1.07. The van der Waals surface area contributed by atoms with E-state index in [2.05, 4.69) is 27.4 Å². The summed E-state index contributed by atoms with van der Waals surface area (Å²) in [6.45, 7) is 2.06. The van der Waals surface area contributed by atoms with Crippen LogP contribution in [0.15, 0.2) is 23.8 Å². The van der Waals surface area contributed by atoms with E-state index in [4.69, 9.17) is 0 Å². The number of nitrogens with zero attached hydrogens (tertiary/aromatic N) is 2. The number of aromatic amines is 1. The van der Waals surface area contributed by atoms with Crippen molar-refractivity contribution in [2.75, 3.05) is 5.32 Å². The van der Waals surface area contributed by atoms with Crippen molar-refractivity contribution < 1.29 is 0 Å². The molecule has 4 nitrogen and oxygen atoms in total. The minimum Gasteiger partial charge on any atom is -0.353 e. The summed E-state index contributed by atoms with van der Waals surface area (Å²) in [6.07, 6.45) is 3.53. The Morgan fingerprint density at radius 1 is 1.54 bits per heavy atom. The van der Waals surface area contributed by atoms with Gasteiger partial charge in [-0.15, -0.1) is 11.3 Å². The highest BCUT2D eigenvalue weighted by Crippen LogP contribution is 2.18. The van der Waals surface area contributed by atoms with Crippen LogP contribution in [0.25, 0.3) is 0 Å². The van der Waals surface area contributed by atoms with Gasteiger partial charge in [0.05, 0.1) is 11.7 Å². The first kappa shape index (κ1) is 8.25. The van der Waals surface area contributed by atoms with Crippen molar-refractivity contribution in [1.29, 1.82) is 0 Å². The van der Waals surface area contributed by atoms with Crippen LogP contribution in [0.5, 0.6) is 0 Å². The Kier molecular flexibility index (Phi) is 2.27. The molecular formula is C8H10N4S. The zero-order chi connectivity index (χ0) is 9.10. The van der Waals surface area contributed by atoms with Crippen LogP contribution in [0.2, 0.25) is 0 Å². The van der Waals surface area contributed by atoms with E-state index in [0.717, 1.165) is 10.8 Å². The van der Waals surface area contributed by atoms with Crippen molar-refractivity contribution in [2.24, 2.45) is 0 Å². The van der Waals surface area contributed by atoms with Crippen molar-refractivity contribution in [3.8, 4) is 0 Å². The van der Waals surface area contributed by atoms with Crippen molar-refractivity contribution in [3.05, 3.63) is 29.5 Å². The number of hydrogen-bond donors (Lipinski definition) is 2. The average molecular weight is 194 g/mol. The standard InChI is InChI=1S/C8H10N4S/c1-6(7-2-3-10-12-7)11-8-9-4-5-13-8/h2-6H,1H3,(H,9,11)(H,10,12). The summed E-state index contributed by atoms with van der Waals surface area (Å²) in [5.74, 6) is 0. The normalized spacial score (nSPS) is 12.7. The summed E-state index contributed by atoms with van der Waals surface area (Å²) in [5.41, 5.74) is 1.07. The third kappa shape index (κ3) is 1.86. The molecule has 0 aliphatic carbocycles. The molecule has 1 unspecified atom stereocenters. The van der Waals surface area contributed by atoms with Gasteiger partial charge >= 0.3 is 0 Å². The Labute approximate surface area is 80.0 Å². The van der Waals surface area contributed by atoms with Gasteiger partial charge in [0.1, 0.15) is 0 Å². The quantitative estimate of drug-likeness (QED) is 0.786. The highest BCUT2D eigenvalue weighted by Gasteiger charge is 2.06. The van der Waals surface area contributed by atoms with Gasteiger partial charge in [0.2, 0.25) is 0 Å². The van der Waals surface area contributed by atoms with Gasteiger partial charge in [-0.05, 0) is 13.0 Å². The summed E-state index contributed by atoms with van der Waals surface area (Å²) >= 11 is 1.59. The van der Waals surface area contributed by atoms with Crippen LogP contribution in [0.4, 0.5) is 5.13 Å².